The van der Waals surface area contributed by atoms with Gasteiger partial charge in [-0.1, -0.05) is 20.8 Å². The van der Waals surface area contributed by atoms with Crippen molar-refractivity contribution >= 4 is 22.2 Å². The van der Waals surface area contributed by atoms with Crippen LogP contribution in [-0.4, -0.2) is 5.91 Å². The van der Waals surface area contributed by atoms with E-state index in [9.17, 15) is 10.1 Å². The van der Waals surface area contributed by atoms with Gasteiger partial charge >= 0.3 is 0 Å². The first-order chi connectivity index (χ1) is 8.40. The molecule has 4 heteroatoms. The summed E-state index contributed by atoms with van der Waals surface area (Å²) < 4.78 is 0. The van der Waals surface area contributed by atoms with Crippen molar-refractivity contribution in [3.8, 4) is 6.07 Å². The van der Waals surface area contributed by atoms with E-state index in [1.165, 1.54) is 4.88 Å². The molecule has 1 aromatic heterocycles. The topological polar surface area (TPSA) is 52.9 Å². The Morgan fingerprint density at radius 1 is 1.44 bits per heavy atom. The second-order valence-electron chi connectivity index (χ2n) is 5.96. The third-order valence-electron chi connectivity index (χ3n) is 2.98. The number of carbonyl (C=O) groups is 1. The van der Waals surface area contributed by atoms with Gasteiger partial charge in [-0.15, -0.1) is 11.3 Å². The number of thiophene rings is 1. The third-order valence-corrected chi connectivity index (χ3v) is 4.18. The van der Waals surface area contributed by atoms with Crippen LogP contribution < -0.4 is 5.32 Å². The molecule has 1 aliphatic carbocycles. The summed E-state index contributed by atoms with van der Waals surface area (Å²) in [6.45, 7) is 6.10. The van der Waals surface area contributed by atoms with Crippen molar-refractivity contribution in [3.63, 3.8) is 0 Å². The van der Waals surface area contributed by atoms with Crippen LogP contribution in [0.2, 0.25) is 0 Å². The summed E-state index contributed by atoms with van der Waals surface area (Å²) in [5.41, 5.74) is 1.82. The van der Waals surface area contributed by atoms with Crippen molar-refractivity contribution in [1.82, 2.24) is 0 Å². The Morgan fingerprint density at radius 2 is 2.17 bits per heavy atom. The molecule has 96 valence electrons. The van der Waals surface area contributed by atoms with Crippen molar-refractivity contribution in [2.75, 3.05) is 5.32 Å². The third kappa shape index (κ3) is 2.73. The zero-order chi connectivity index (χ0) is 13.3. The van der Waals surface area contributed by atoms with Crippen LogP contribution in [0.3, 0.4) is 0 Å². The molecule has 0 aromatic carbocycles. The average Bonchev–Trinajstić information content (AvgIpc) is 2.73. The lowest BCUT2D eigenvalue weighted by Crippen LogP contribution is -2.19. The lowest BCUT2D eigenvalue weighted by molar-refractivity contribution is -0.117. The van der Waals surface area contributed by atoms with Crippen molar-refractivity contribution < 1.29 is 4.79 Å². The fraction of sp³-hybridized carbons (Fsp3) is 0.571. The standard InChI is InChI=1S/C14H18N2OS/c1-14(2,3)7-12(17)16-13-10(8-15)9-5-4-6-11(9)18-13/h4-7H2,1-3H3,(H,16,17). The summed E-state index contributed by atoms with van der Waals surface area (Å²) in [5, 5.41) is 12.9. The zero-order valence-corrected chi connectivity index (χ0v) is 11.9. The minimum atomic E-state index is -0.0309. The molecule has 0 fully saturated rings. The zero-order valence-electron chi connectivity index (χ0n) is 11.1. The van der Waals surface area contributed by atoms with E-state index in [0.717, 1.165) is 29.8 Å². The first kappa shape index (κ1) is 13.1. The number of anilines is 1. The summed E-state index contributed by atoms with van der Waals surface area (Å²) in [6, 6.07) is 2.24. The van der Waals surface area contributed by atoms with Crippen molar-refractivity contribution in [2.24, 2.45) is 5.41 Å². The molecule has 0 saturated carbocycles. The molecule has 1 heterocycles. The number of nitriles is 1. The molecule has 0 atom stereocenters. The van der Waals surface area contributed by atoms with Gasteiger partial charge in [-0.05, 0) is 30.2 Å². The maximum atomic E-state index is 11.9. The van der Waals surface area contributed by atoms with E-state index in [1.807, 2.05) is 20.8 Å². The Bertz CT molecular complexity index is 517. The molecule has 2 rings (SSSR count). The van der Waals surface area contributed by atoms with E-state index in [0.29, 0.717) is 12.0 Å². The molecule has 0 radical (unpaired) electrons. The lowest BCUT2D eigenvalue weighted by Gasteiger charge is -2.16. The molecule has 1 aliphatic rings. The molecular formula is C14H18N2OS. The van der Waals surface area contributed by atoms with Gasteiger partial charge in [-0.2, -0.15) is 5.26 Å². The predicted molar refractivity (Wildman–Crippen MR) is 73.8 cm³/mol. The molecule has 3 nitrogen and oxygen atoms in total. The number of hydrogen-bond donors (Lipinski definition) is 1. The predicted octanol–water partition coefficient (Wildman–Crippen LogP) is 3.48. The molecule has 0 spiro atoms. The number of nitrogens with one attached hydrogen (secondary N) is 1. The molecule has 0 saturated heterocycles. The Morgan fingerprint density at radius 3 is 2.78 bits per heavy atom. The summed E-state index contributed by atoms with van der Waals surface area (Å²) in [6.07, 6.45) is 3.63. The molecule has 0 unspecified atom stereocenters. The summed E-state index contributed by atoms with van der Waals surface area (Å²) in [5.74, 6) is -0.000997. The van der Waals surface area contributed by atoms with E-state index >= 15 is 0 Å². The van der Waals surface area contributed by atoms with Crippen molar-refractivity contribution in [2.45, 2.75) is 46.5 Å². The maximum Gasteiger partial charge on any atom is 0.225 e. The molecule has 1 aromatic rings. The number of nitrogens with zero attached hydrogens (tertiary/aromatic N) is 1. The Balaban J connectivity index is 2.16. The SMILES string of the molecule is CC(C)(C)CC(=O)Nc1sc2c(c1C#N)CCC2. The van der Waals surface area contributed by atoms with Gasteiger partial charge in [0, 0.05) is 11.3 Å². The minimum Gasteiger partial charge on any atom is -0.317 e. The molecule has 1 amide bonds. The Labute approximate surface area is 112 Å². The van der Waals surface area contributed by atoms with Crippen LogP contribution in [-0.2, 0) is 17.6 Å². The molecule has 18 heavy (non-hydrogen) atoms. The molecular weight excluding hydrogens is 244 g/mol. The van der Waals surface area contributed by atoms with Gasteiger partial charge in [0.2, 0.25) is 5.91 Å². The summed E-state index contributed by atoms with van der Waals surface area (Å²) in [7, 11) is 0. The maximum absolute atomic E-state index is 11.9. The number of carbonyl (C=O) groups excluding carboxylic acids is 1. The fourth-order valence-corrected chi connectivity index (χ4v) is 3.52. The van der Waals surface area contributed by atoms with Crippen LogP contribution in [0, 0.1) is 16.7 Å². The smallest absolute Gasteiger partial charge is 0.225 e. The van der Waals surface area contributed by atoms with Gasteiger partial charge in [0.05, 0.1) is 5.56 Å². The minimum absolute atomic E-state index is 0.000997. The molecule has 0 bridgehead atoms. The number of rotatable bonds is 2. The van der Waals surface area contributed by atoms with Gasteiger partial charge in [0.25, 0.3) is 0 Å². The lowest BCUT2D eigenvalue weighted by atomic mass is 9.92. The Kier molecular flexibility index (Phi) is 3.45. The van der Waals surface area contributed by atoms with Crippen LogP contribution in [0.25, 0.3) is 0 Å². The average molecular weight is 262 g/mol. The van der Waals surface area contributed by atoms with Crippen LogP contribution in [0.5, 0.6) is 0 Å². The van der Waals surface area contributed by atoms with Crippen LogP contribution >= 0.6 is 11.3 Å². The van der Waals surface area contributed by atoms with Gasteiger partial charge < -0.3 is 5.32 Å². The van der Waals surface area contributed by atoms with Gasteiger partial charge in [0.1, 0.15) is 11.1 Å². The monoisotopic (exact) mass is 262 g/mol. The highest BCUT2D eigenvalue weighted by molar-refractivity contribution is 7.16. The van der Waals surface area contributed by atoms with E-state index in [1.54, 1.807) is 11.3 Å². The molecule has 1 N–H and O–H groups in total. The van der Waals surface area contributed by atoms with Gasteiger partial charge in [0.15, 0.2) is 0 Å². The first-order valence-corrected chi connectivity index (χ1v) is 7.07. The van der Waals surface area contributed by atoms with E-state index < -0.39 is 0 Å². The highest BCUT2D eigenvalue weighted by atomic mass is 32.1. The quantitative estimate of drug-likeness (QED) is 0.887. The summed E-state index contributed by atoms with van der Waals surface area (Å²) >= 11 is 1.57. The second-order valence-corrected chi connectivity index (χ2v) is 7.06. The van der Waals surface area contributed by atoms with E-state index in [-0.39, 0.29) is 11.3 Å². The van der Waals surface area contributed by atoms with Gasteiger partial charge in [-0.3, -0.25) is 4.79 Å². The van der Waals surface area contributed by atoms with Crippen LogP contribution in [0.1, 0.15) is 49.6 Å². The number of amides is 1. The molecule has 0 aliphatic heterocycles. The largest absolute Gasteiger partial charge is 0.317 e. The number of hydrogen-bond acceptors (Lipinski definition) is 3. The van der Waals surface area contributed by atoms with Gasteiger partial charge in [-0.25, -0.2) is 0 Å². The van der Waals surface area contributed by atoms with E-state index in [2.05, 4.69) is 11.4 Å². The van der Waals surface area contributed by atoms with Crippen LogP contribution in [0.15, 0.2) is 0 Å². The number of fused-ring (bicyclic) bond motifs is 1. The highest BCUT2D eigenvalue weighted by Gasteiger charge is 2.24. The highest BCUT2D eigenvalue weighted by Crippen LogP contribution is 2.38. The Hall–Kier alpha value is -1.34. The first-order valence-electron chi connectivity index (χ1n) is 6.25. The van der Waals surface area contributed by atoms with Crippen LogP contribution in [0.4, 0.5) is 5.00 Å². The fourth-order valence-electron chi connectivity index (χ4n) is 2.26. The summed E-state index contributed by atoms with van der Waals surface area (Å²) in [4.78, 5) is 13.2. The normalized spacial score (nSPS) is 14.1. The second kappa shape index (κ2) is 4.74. The number of aryl methyl sites for hydroxylation is 1. The van der Waals surface area contributed by atoms with Crippen molar-refractivity contribution in [3.05, 3.63) is 16.0 Å². The van der Waals surface area contributed by atoms with Crippen molar-refractivity contribution in [1.29, 1.82) is 5.26 Å². The van der Waals surface area contributed by atoms with E-state index in [4.69, 9.17) is 0 Å².